The molecule has 1 amide bonds. The van der Waals surface area contributed by atoms with E-state index in [1.54, 1.807) is 0 Å². The monoisotopic (exact) mass is 1080 g/mol. The quantitative estimate of drug-likeness (QED) is 0.0215. The minimum absolute atomic E-state index is 0.260. The minimum Gasteiger partial charge on any atom is -0.394 e. The average Bonchev–Trinajstić information content (AvgIpc) is 3.42. The van der Waals surface area contributed by atoms with E-state index in [1.807, 2.05) is 0 Å². The van der Waals surface area contributed by atoms with Crippen LogP contribution in [0, 0.1) is 0 Å². The largest absolute Gasteiger partial charge is 0.394 e. The molecule has 1 aliphatic heterocycles. The lowest BCUT2D eigenvalue weighted by molar-refractivity contribution is -0.303. The second-order valence-corrected chi connectivity index (χ2v) is 23.5. The van der Waals surface area contributed by atoms with Gasteiger partial charge < -0.3 is 50.5 Å². The van der Waals surface area contributed by atoms with Crippen LogP contribution in [0.2, 0.25) is 0 Å². The van der Waals surface area contributed by atoms with Gasteiger partial charge in [-0.1, -0.05) is 302 Å². The molecule has 1 aliphatic rings. The lowest BCUT2D eigenvalue weighted by Gasteiger charge is -2.40. The summed E-state index contributed by atoms with van der Waals surface area (Å²) in [5.74, 6) is -0.699. The summed E-state index contributed by atoms with van der Waals surface area (Å²) >= 11 is 0. The lowest BCUT2D eigenvalue weighted by Crippen LogP contribution is -2.60. The van der Waals surface area contributed by atoms with Crippen molar-refractivity contribution in [1.82, 2.24) is 5.32 Å². The Balaban J connectivity index is 2.18. The number of carbonyl (C=O) groups is 1. The Hall–Kier alpha value is -1.15. The number of nitrogens with one attached hydrogen (secondary N) is 1. The summed E-state index contributed by atoms with van der Waals surface area (Å²) in [6.07, 6.45) is 54.4. The number of allylic oxidation sites excluding steroid dienone is 2. The SMILES string of the molecule is CCCCCCCCCCCCCC/C=C/CCCC(O)C(O)C(COC1OC(CO)C(O)C(O)C1O)NC(=O)C(O)CCCCCCCCCCCCCCCCCCCCCCCCCCCCCCCCCC. The first-order chi connectivity index (χ1) is 37.2. The lowest BCUT2D eigenvalue weighted by atomic mass is 9.98. The number of rotatable bonds is 58. The molecule has 0 aromatic rings. The van der Waals surface area contributed by atoms with Gasteiger partial charge in [-0.2, -0.15) is 0 Å². The van der Waals surface area contributed by atoms with Gasteiger partial charge in [0.25, 0.3) is 0 Å². The molecule has 76 heavy (non-hydrogen) atoms. The zero-order valence-electron chi connectivity index (χ0n) is 49.8. The van der Waals surface area contributed by atoms with Crippen LogP contribution in [0.1, 0.15) is 328 Å². The van der Waals surface area contributed by atoms with Gasteiger partial charge in [0.15, 0.2) is 6.29 Å². The normalized spacial score (nSPS) is 19.6. The molecule has 0 saturated carbocycles. The molecule has 0 bridgehead atoms. The Morgan fingerprint density at radius 3 is 1.13 bits per heavy atom. The molecule has 9 atom stereocenters. The van der Waals surface area contributed by atoms with Crippen molar-refractivity contribution in [3.05, 3.63) is 12.2 Å². The van der Waals surface area contributed by atoms with E-state index < -0.39 is 74.2 Å². The van der Waals surface area contributed by atoms with Crippen molar-refractivity contribution in [1.29, 1.82) is 0 Å². The third-order valence-electron chi connectivity index (χ3n) is 16.3. The molecule has 1 heterocycles. The second-order valence-electron chi connectivity index (χ2n) is 23.5. The molecule has 1 rings (SSSR count). The van der Waals surface area contributed by atoms with E-state index in [0.29, 0.717) is 12.8 Å². The van der Waals surface area contributed by atoms with E-state index in [1.165, 1.54) is 250 Å². The van der Waals surface area contributed by atoms with Crippen LogP contribution in [0.25, 0.3) is 0 Å². The molecule has 0 aromatic heterocycles. The van der Waals surface area contributed by atoms with E-state index in [4.69, 9.17) is 9.47 Å². The van der Waals surface area contributed by atoms with Crippen LogP contribution >= 0.6 is 0 Å². The fraction of sp³-hybridized carbons (Fsp3) is 0.954. The second kappa shape index (κ2) is 54.4. The first-order valence-electron chi connectivity index (χ1n) is 33.1. The standard InChI is InChI=1S/C65H127NO10/c1-3-5-7-9-11-13-15-17-19-21-22-23-24-25-26-27-28-29-30-31-32-33-34-35-37-39-41-43-45-47-49-51-53-58(69)64(74)66-56(55-75-65-63(73)62(72)61(71)59(54-67)76-65)60(70)57(68)52-50-48-46-44-42-40-38-36-20-18-16-14-12-10-8-6-4-2/h44,46,56-63,65,67-73H,3-43,45,47-55H2,1-2H3,(H,66,74)/b46-44+. The van der Waals surface area contributed by atoms with Crippen molar-refractivity contribution in [3.63, 3.8) is 0 Å². The summed E-state index contributed by atoms with van der Waals surface area (Å²) in [4.78, 5) is 13.2. The van der Waals surface area contributed by atoms with Crippen LogP contribution in [-0.2, 0) is 14.3 Å². The van der Waals surface area contributed by atoms with Gasteiger partial charge in [-0.3, -0.25) is 4.79 Å². The Morgan fingerprint density at radius 1 is 0.447 bits per heavy atom. The average molecular weight is 1080 g/mol. The van der Waals surface area contributed by atoms with Crippen LogP contribution in [0.3, 0.4) is 0 Å². The summed E-state index contributed by atoms with van der Waals surface area (Å²) in [5, 5.41) is 76.3. The molecule has 1 fully saturated rings. The fourth-order valence-electron chi connectivity index (χ4n) is 11.0. The summed E-state index contributed by atoms with van der Waals surface area (Å²) in [7, 11) is 0. The zero-order chi connectivity index (χ0) is 55.4. The molecular formula is C65H127NO10. The predicted octanol–water partition coefficient (Wildman–Crippen LogP) is 15.1. The van der Waals surface area contributed by atoms with E-state index >= 15 is 0 Å². The minimum atomic E-state index is -1.67. The number of aliphatic hydroxyl groups is 7. The van der Waals surface area contributed by atoms with Crippen LogP contribution in [0.5, 0.6) is 0 Å². The van der Waals surface area contributed by atoms with Gasteiger partial charge in [0, 0.05) is 0 Å². The zero-order valence-corrected chi connectivity index (χ0v) is 49.8. The highest BCUT2D eigenvalue weighted by Crippen LogP contribution is 2.24. The first-order valence-corrected chi connectivity index (χ1v) is 33.1. The highest BCUT2D eigenvalue weighted by atomic mass is 16.7. The smallest absolute Gasteiger partial charge is 0.249 e. The predicted molar refractivity (Wildman–Crippen MR) is 316 cm³/mol. The molecule has 1 saturated heterocycles. The van der Waals surface area contributed by atoms with Gasteiger partial charge >= 0.3 is 0 Å². The molecule has 11 heteroatoms. The van der Waals surface area contributed by atoms with E-state index in [9.17, 15) is 40.5 Å². The number of unbranched alkanes of at least 4 members (excludes halogenated alkanes) is 44. The third kappa shape index (κ3) is 41.8. The van der Waals surface area contributed by atoms with Crippen molar-refractivity contribution < 1.29 is 50.0 Å². The van der Waals surface area contributed by atoms with Crippen molar-refractivity contribution in [3.8, 4) is 0 Å². The van der Waals surface area contributed by atoms with Gasteiger partial charge in [0.1, 0.15) is 36.6 Å². The number of hydrogen-bond donors (Lipinski definition) is 8. The molecule has 0 aliphatic carbocycles. The van der Waals surface area contributed by atoms with Crippen molar-refractivity contribution in [2.45, 2.75) is 384 Å². The number of hydrogen-bond acceptors (Lipinski definition) is 10. The summed E-state index contributed by atoms with van der Waals surface area (Å²) in [6.45, 7) is 3.49. The molecule has 452 valence electrons. The fourth-order valence-corrected chi connectivity index (χ4v) is 11.0. The van der Waals surface area contributed by atoms with Gasteiger partial charge in [0.2, 0.25) is 5.91 Å². The van der Waals surface area contributed by atoms with Gasteiger partial charge in [-0.05, 0) is 38.5 Å². The summed E-state index contributed by atoms with van der Waals surface area (Å²) in [6, 6.07) is -1.18. The highest BCUT2D eigenvalue weighted by Gasteiger charge is 2.44. The molecule has 0 spiro atoms. The maximum absolute atomic E-state index is 13.2. The van der Waals surface area contributed by atoms with Crippen LogP contribution < -0.4 is 5.32 Å². The Bertz CT molecular complexity index is 1240. The van der Waals surface area contributed by atoms with E-state index in [2.05, 4.69) is 31.3 Å². The molecule has 0 radical (unpaired) electrons. The number of aliphatic hydroxyl groups excluding tert-OH is 7. The third-order valence-corrected chi connectivity index (χ3v) is 16.3. The van der Waals surface area contributed by atoms with Crippen molar-refractivity contribution in [2.24, 2.45) is 0 Å². The topological polar surface area (TPSA) is 189 Å². The van der Waals surface area contributed by atoms with Gasteiger partial charge in [-0.25, -0.2) is 0 Å². The Kier molecular flexibility index (Phi) is 52.2. The van der Waals surface area contributed by atoms with Crippen LogP contribution in [0.15, 0.2) is 12.2 Å². The van der Waals surface area contributed by atoms with E-state index in [-0.39, 0.29) is 12.8 Å². The van der Waals surface area contributed by atoms with Crippen molar-refractivity contribution in [2.75, 3.05) is 13.2 Å². The van der Waals surface area contributed by atoms with Crippen molar-refractivity contribution >= 4 is 5.91 Å². The molecule has 9 unspecified atom stereocenters. The molecule has 8 N–H and O–H groups in total. The molecule has 11 nitrogen and oxygen atoms in total. The Labute approximate surface area is 468 Å². The molecule has 0 aromatic carbocycles. The van der Waals surface area contributed by atoms with Gasteiger partial charge in [0.05, 0.1) is 25.4 Å². The Morgan fingerprint density at radius 2 is 0.776 bits per heavy atom. The van der Waals surface area contributed by atoms with Crippen LogP contribution in [-0.4, -0.2) is 110 Å². The molecular weight excluding hydrogens is 955 g/mol. The number of amides is 1. The summed E-state index contributed by atoms with van der Waals surface area (Å²) in [5.41, 5.74) is 0. The highest BCUT2D eigenvalue weighted by molar-refractivity contribution is 5.80. The van der Waals surface area contributed by atoms with Gasteiger partial charge in [-0.15, -0.1) is 0 Å². The van der Waals surface area contributed by atoms with Crippen LogP contribution in [0.4, 0.5) is 0 Å². The summed E-state index contributed by atoms with van der Waals surface area (Å²) < 4.78 is 11.2. The number of ether oxygens (including phenoxy) is 2. The van der Waals surface area contributed by atoms with E-state index in [0.717, 1.165) is 38.5 Å². The maximum Gasteiger partial charge on any atom is 0.249 e. The first kappa shape index (κ1) is 72.9. The number of carbonyl (C=O) groups excluding carboxylic acids is 1. The maximum atomic E-state index is 13.2.